The molecule has 6 heteroatoms. The molecule has 0 radical (unpaired) electrons. The fraction of sp³-hybridized carbons (Fsp3) is 0.545. The van der Waals surface area contributed by atoms with Gasteiger partial charge in [-0.2, -0.15) is 0 Å². The highest BCUT2D eigenvalue weighted by molar-refractivity contribution is 5.92. The van der Waals surface area contributed by atoms with Crippen molar-refractivity contribution in [1.82, 2.24) is 10.3 Å². The second-order valence-electron chi connectivity index (χ2n) is 4.81. The van der Waals surface area contributed by atoms with Gasteiger partial charge in [-0.25, -0.2) is 4.98 Å². The summed E-state index contributed by atoms with van der Waals surface area (Å²) in [5.41, 5.74) is -0.246. The predicted octanol–water partition coefficient (Wildman–Crippen LogP) is 1.18. The van der Waals surface area contributed by atoms with E-state index in [-0.39, 0.29) is 11.3 Å². The van der Waals surface area contributed by atoms with Crippen LogP contribution in [0.5, 0.6) is 0 Å². The van der Waals surface area contributed by atoms with Gasteiger partial charge in [0.1, 0.15) is 11.8 Å². The lowest BCUT2D eigenvalue weighted by Gasteiger charge is -2.13. The molecule has 94 valence electrons. The largest absolute Gasteiger partial charge is 0.480 e. The topological polar surface area (TPSA) is 92.4 Å². The Morgan fingerprint density at radius 1 is 1.47 bits per heavy atom. The van der Waals surface area contributed by atoms with Gasteiger partial charge in [0.2, 0.25) is 0 Å². The summed E-state index contributed by atoms with van der Waals surface area (Å²) in [5, 5.41) is 10.9. The molecular weight excluding hydrogens is 224 g/mol. The van der Waals surface area contributed by atoms with Crippen molar-refractivity contribution in [3.63, 3.8) is 0 Å². The number of hydrogen-bond donors (Lipinski definition) is 2. The summed E-state index contributed by atoms with van der Waals surface area (Å²) in [6.07, 6.45) is 1.47. The zero-order valence-electron chi connectivity index (χ0n) is 10.3. The lowest BCUT2D eigenvalue weighted by Crippen LogP contribution is -2.38. The quantitative estimate of drug-likeness (QED) is 0.827. The molecule has 0 aromatic carbocycles. The standard InChI is InChI=1S/C11H16N2O4/c1-6(10(15)16)13-8(14)9-12-5-7(17-9)11(2,3)4/h5-6H,1-4H3,(H,13,14)(H,15,16)/t6-/m0/s1. The first-order valence-corrected chi connectivity index (χ1v) is 5.22. The third kappa shape index (κ3) is 3.30. The van der Waals surface area contributed by atoms with Crippen molar-refractivity contribution in [3.05, 3.63) is 17.8 Å². The van der Waals surface area contributed by atoms with Crippen LogP contribution in [0.15, 0.2) is 10.6 Å². The van der Waals surface area contributed by atoms with E-state index in [0.717, 1.165) is 0 Å². The number of rotatable bonds is 3. The highest BCUT2D eigenvalue weighted by atomic mass is 16.4. The van der Waals surface area contributed by atoms with Crippen LogP contribution < -0.4 is 5.32 Å². The first-order chi connectivity index (χ1) is 7.71. The van der Waals surface area contributed by atoms with Gasteiger partial charge >= 0.3 is 11.9 Å². The lowest BCUT2D eigenvalue weighted by molar-refractivity contribution is -0.138. The normalized spacial score (nSPS) is 13.2. The van der Waals surface area contributed by atoms with E-state index in [1.54, 1.807) is 0 Å². The minimum Gasteiger partial charge on any atom is -0.480 e. The molecule has 0 bridgehead atoms. The van der Waals surface area contributed by atoms with Gasteiger partial charge in [0.15, 0.2) is 0 Å². The number of hydrogen-bond acceptors (Lipinski definition) is 4. The summed E-state index contributed by atoms with van der Waals surface area (Å²) in [7, 11) is 0. The molecule has 1 rings (SSSR count). The fourth-order valence-corrected chi connectivity index (χ4v) is 1.05. The van der Waals surface area contributed by atoms with Gasteiger partial charge in [0, 0.05) is 5.41 Å². The Labute approximate surface area is 99.0 Å². The number of carboxylic acids is 1. The van der Waals surface area contributed by atoms with E-state index >= 15 is 0 Å². The van der Waals surface area contributed by atoms with E-state index in [1.165, 1.54) is 13.1 Å². The lowest BCUT2D eigenvalue weighted by atomic mass is 9.94. The van der Waals surface area contributed by atoms with E-state index in [0.29, 0.717) is 5.76 Å². The Morgan fingerprint density at radius 3 is 2.47 bits per heavy atom. The smallest absolute Gasteiger partial charge is 0.325 e. The third-order valence-electron chi connectivity index (χ3n) is 2.16. The Kier molecular flexibility index (Phi) is 3.55. The number of carbonyl (C=O) groups is 2. The van der Waals surface area contributed by atoms with Crippen LogP contribution in [0.3, 0.4) is 0 Å². The Morgan fingerprint density at radius 2 is 2.06 bits per heavy atom. The van der Waals surface area contributed by atoms with Crippen LogP contribution >= 0.6 is 0 Å². The number of carbonyl (C=O) groups excluding carboxylic acids is 1. The second kappa shape index (κ2) is 4.57. The summed E-state index contributed by atoms with van der Waals surface area (Å²) in [5.74, 6) is -1.29. The Hall–Kier alpha value is -1.85. The number of nitrogens with zero attached hydrogens (tertiary/aromatic N) is 1. The number of aliphatic carboxylic acids is 1. The van der Waals surface area contributed by atoms with E-state index < -0.39 is 17.9 Å². The minimum atomic E-state index is -1.11. The predicted molar refractivity (Wildman–Crippen MR) is 59.8 cm³/mol. The molecule has 17 heavy (non-hydrogen) atoms. The maximum atomic E-state index is 11.6. The van der Waals surface area contributed by atoms with Crippen molar-refractivity contribution in [1.29, 1.82) is 0 Å². The van der Waals surface area contributed by atoms with E-state index in [9.17, 15) is 9.59 Å². The third-order valence-corrected chi connectivity index (χ3v) is 2.16. The number of carboxylic acid groups (broad SMARTS) is 1. The number of aromatic nitrogens is 1. The summed E-state index contributed by atoms with van der Waals surface area (Å²) < 4.78 is 5.27. The average Bonchev–Trinajstić information content (AvgIpc) is 2.65. The van der Waals surface area contributed by atoms with Gasteiger partial charge in [0.25, 0.3) is 5.89 Å². The van der Waals surface area contributed by atoms with Gasteiger partial charge in [0.05, 0.1) is 6.20 Å². The van der Waals surface area contributed by atoms with Gasteiger partial charge in [-0.3, -0.25) is 9.59 Å². The molecule has 6 nitrogen and oxygen atoms in total. The van der Waals surface area contributed by atoms with E-state index in [2.05, 4.69) is 10.3 Å². The molecule has 2 N–H and O–H groups in total. The monoisotopic (exact) mass is 240 g/mol. The first kappa shape index (κ1) is 13.2. The molecule has 0 saturated carbocycles. The minimum absolute atomic E-state index is 0.122. The highest BCUT2D eigenvalue weighted by Gasteiger charge is 2.23. The van der Waals surface area contributed by atoms with Crippen LogP contribution in [0, 0.1) is 0 Å². The summed E-state index contributed by atoms with van der Waals surface area (Å²) in [4.78, 5) is 26.0. The molecule has 0 fully saturated rings. The van der Waals surface area contributed by atoms with Gasteiger partial charge in [-0.1, -0.05) is 20.8 Å². The van der Waals surface area contributed by atoms with Crippen LogP contribution in [-0.4, -0.2) is 28.0 Å². The van der Waals surface area contributed by atoms with Crippen LogP contribution in [0.2, 0.25) is 0 Å². The number of amides is 1. The zero-order chi connectivity index (χ0) is 13.2. The number of nitrogens with one attached hydrogen (secondary N) is 1. The van der Waals surface area contributed by atoms with Gasteiger partial charge < -0.3 is 14.8 Å². The van der Waals surface area contributed by atoms with Crippen molar-refractivity contribution >= 4 is 11.9 Å². The summed E-state index contributed by atoms with van der Waals surface area (Å²) >= 11 is 0. The van der Waals surface area contributed by atoms with Gasteiger partial charge in [-0.05, 0) is 6.92 Å². The van der Waals surface area contributed by atoms with E-state index in [1.807, 2.05) is 20.8 Å². The second-order valence-corrected chi connectivity index (χ2v) is 4.81. The van der Waals surface area contributed by atoms with Crippen LogP contribution in [0.1, 0.15) is 44.1 Å². The zero-order valence-corrected chi connectivity index (χ0v) is 10.3. The molecule has 1 aromatic rings. The van der Waals surface area contributed by atoms with Crippen molar-refractivity contribution in [2.24, 2.45) is 0 Å². The first-order valence-electron chi connectivity index (χ1n) is 5.22. The SMILES string of the molecule is C[C@H](NC(=O)c1ncc(C(C)(C)C)o1)C(=O)O. The Bertz CT molecular complexity index is 431. The Balaban J connectivity index is 2.78. The molecule has 0 spiro atoms. The average molecular weight is 240 g/mol. The fourth-order valence-electron chi connectivity index (χ4n) is 1.05. The van der Waals surface area contributed by atoms with Crippen LogP contribution in [0.4, 0.5) is 0 Å². The van der Waals surface area contributed by atoms with E-state index in [4.69, 9.17) is 9.52 Å². The molecule has 0 aliphatic rings. The van der Waals surface area contributed by atoms with Crippen molar-refractivity contribution in [2.45, 2.75) is 39.2 Å². The molecule has 0 aliphatic carbocycles. The number of oxazole rings is 1. The highest BCUT2D eigenvalue weighted by Crippen LogP contribution is 2.22. The van der Waals surface area contributed by atoms with Crippen LogP contribution in [-0.2, 0) is 10.2 Å². The van der Waals surface area contributed by atoms with Crippen molar-refractivity contribution < 1.29 is 19.1 Å². The molecule has 1 heterocycles. The van der Waals surface area contributed by atoms with Crippen LogP contribution in [0.25, 0.3) is 0 Å². The maximum absolute atomic E-state index is 11.6. The van der Waals surface area contributed by atoms with Crippen molar-refractivity contribution in [3.8, 4) is 0 Å². The molecule has 0 aliphatic heterocycles. The molecule has 1 atom stereocenters. The van der Waals surface area contributed by atoms with Gasteiger partial charge in [-0.15, -0.1) is 0 Å². The summed E-state index contributed by atoms with van der Waals surface area (Å²) in [6, 6.07) is -0.979. The molecule has 1 amide bonds. The molecule has 1 aromatic heterocycles. The maximum Gasteiger partial charge on any atom is 0.325 e. The molecule has 0 unspecified atom stereocenters. The molecular formula is C11H16N2O4. The molecule has 0 saturated heterocycles. The summed E-state index contributed by atoms with van der Waals surface area (Å²) in [6.45, 7) is 7.15. The van der Waals surface area contributed by atoms with Crippen molar-refractivity contribution in [2.75, 3.05) is 0 Å².